The monoisotopic (exact) mass is 333 g/mol. The van der Waals surface area contributed by atoms with Crippen LogP contribution in [0, 0.1) is 13.8 Å². The number of carbonyl (C=O) groups excluding carboxylic acids is 2. The van der Waals surface area contributed by atoms with Gasteiger partial charge < -0.3 is 15.3 Å². The summed E-state index contributed by atoms with van der Waals surface area (Å²) in [6.07, 6.45) is 1.68. The average Bonchev–Trinajstić information content (AvgIpc) is 2.79. The number of hydrogen-bond acceptors (Lipinski definition) is 5. The minimum absolute atomic E-state index is 0.0487. The molecule has 3 N–H and O–H groups in total. The molecule has 0 fully saturated rings. The van der Waals surface area contributed by atoms with Gasteiger partial charge in [0.25, 0.3) is 11.8 Å². The molecule has 0 saturated carbocycles. The van der Waals surface area contributed by atoms with Crippen molar-refractivity contribution in [2.24, 2.45) is 0 Å². The molecule has 124 valence electrons. The van der Waals surface area contributed by atoms with Crippen molar-refractivity contribution in [1.29, 1.82) is 0 Å². The van der Waals surface area contributed by atoms with Crippen LogP contribution in [0.15, 0.2) is 12.2 Å². The summed E-state index contributed by atoms with van der Waals surface area (Å²) in [6, 6.07) is 0. The van der Waals surface area contributed by atoms with Crippen molar-refractivity contribution >= 4 is 35.4 Å². The van der Waals surface area contributed by atoms with Crippen LogP contribution in [-0.2, 0) is 9.59 Å². The Morgan fingerprint density at radius 3 is 1.50 bits per heavy atom. The highest BCUT2D eigenvalue weighted by atomic mass is 16.4. The molecule has 1 aromatic carbocycles. The van der Waals surface area contributed by atoms with Crippen LogP contribution in [0.2, 0.25) is 0 Å². The Morgan fingerprint density at radius 1 is 0.750 bits per heavy atom. The lowest BCUT2D eigenvalue weighted by atomic mass is 9.90. The maximum atomic E-state index is 11.9. The summed E-state index contributed by atoms with van der Waals surface area (Å²) in [5.41, 5.74) is -3.09. The third-order valence-electron chi connectivity index (χ3n) is 3.71. The molecule has 0 aliphatic carbocycles. The van der Waals surface area contributed by atoms with E-state index in [-0.39, 0.29) is 11.1 Å². The maximum Gasteiger partial charge on any atom is 0.338 e. The number of carboxylic acid groups (broad SMARTS) is 3. The molecule has 1 heterocycles. The molecule has 0 atom stereocenters. The number of nitrogens with zero attached hydrogens (tertiary/aromatic N) is 1. The average molecular weight is 333 g/mol. The molecule has 0 radical (unpaired) electrons. The number of imide groups is 1. The van der Waals surface area contributed by atoms with Crippen LogP contribution >= 0.6 is 0 Å². The molecule has 0 spiro atoms. The molecular formula is C15H11NO8. The predicted molar refractivity (Wildman–Crippen MR) is 78.4 cm³/mol. The Morgan fingerprint density at radius 2 is 1.12 bits per heavy atom. The van der Waals surface area contributed by atoms with Crippen LogP contribution in [-0.4, -0.2) is 45.0 Å². The van der Waals surface area contributed by atoms with Crippen molar-refractivity contribution in [2.75, 3.05) is 4.90 Å². The fraction of sp³-hybridized carbons (Fsp3) is 0.133. The SMILES string of the molecule is Cc1c(C)c(C(=O)O)c(N2C(=O)C=CC2=O)c(C(=O)O)c1C(=O)O. The zero-order valence-corrected chi connectivity index (χ0v) is 12.5. The van der Waals surface area contributed by atoms with Gasteiger partial charge in [-0.15, -0.1) is 0 Å². The smallest absolute Gasteiger partial charge is 0.338 e. The molecule has 0 aromatic heterocycles. The van der Waals surface area contributed by atoms with E-state index >= 15 is 0 Å². The number of benzene rings is 1. The Balaban J connectivity index is 3.07. The molecule has 0 bridgehead atoms. The van der Waals surface area contributed by atoms with Crippen LogP contribution in [0.25, 0.3) is 0 Å². The third-order valence-corrected chi connectivity index (χ3v) is 3.71. The number of hydrogen-bond donors (Lipinski definition) is 3. The summed E-state index contributed by atoms with van der Waals surface area (Å²) < 4.78 is 0. The predicted octanol–water partition coefficient (Wildman–Crippen LogP) is 0.827. The molecule has 0 unspecified atom stereocenters. The van der Waals surface area contributed by atoms with Gasteiger partial charge in [-0.3, -0.25) is 9.59 Å². The van der Waals surface area contributed by atoms with E-state index in [1.807, 2.05) is 0 Å². The topological polar surface area (TPSA) is 149 Å². The van der Waals surface area contributed by atoms with Crippen molar-refractivity contribution in [3.63, 3.8) is 0 Å². The second-order valence-corrected chi connectivity index (χ2v) is 4.98. The number of carbonyl (C=O) groups is 5. The first-order valence-corrected chi connectivity index (χ1v) is 6.52. The number of carboxylic acids is 3. The van der Waals surface area contributed by atoms with E-state index in [9.17, 15) is 39.3 Å². The highest BCUT2D eigenvalue weighted by molar-refractivity contribution is 6.31. The summed E-state index contributed by atoms with van der Waals surface area (Å²) in [6.45, 7) is 2.53. The number of aromatic carboxylic acids is 3. The van der Waals surface area contributed by atoms with Crippen LogP contribution in [0.4, 0.5) is 5.69 Å². The van der Waals surface area contributed by atoms with E-state index in [0.29, 0.717) is 4.90 Å². The summed E-state index contributed by atoms with van der Waals surface area (Å²) >= 11 is 0. The van der Waals surface area contributed by atoms with Gasteiger partial charge in [0.2, 0.25) is 0 Å². The maximum absolute atomic E-state index is 11.9. The van der Waals surface area contributed by atoms with Crippen molar-refractivity contribution in [1.82, 2.24) is 0 Å². The molecule has 24 heavy (non-hydrogen) atoms. The highest BCUT2D eigenvalue weighted by Gasteiger charge is 2.38. The van der Waals surface area contributed by atoms with Gasteiger partial charge in [-0.2, -0.15) is 0 Å². The molecule has 9 heteroatoms. The first-order chi connectivity index (χ1) is 11.1. The minimum atomic E-state index is -1.76. The van der Waals surface area contributed by atoms with E-state index in [1.165, 1.54) is 13.8 Å². The second kappa shape index (κ2) is 5.61. The number of amides is 2. The summed E-state index contributed by atoms with van der Waals surface area (Å²) in [4.78, 5) is 58.9. The van der Waals surface area contributed by atoms with E-state index in [1.54, 1.807) is 0 Å². The van der Waals surface area contributed by atoms with Gasteiger partial charge in [0.05, 0.1) is 22.4 Å². The van der Waals surface area contributed by atoms with Gasteiger partial charge in [-0.05, 0) is 25.0 Å². The van der Waals surface area contributed by atoms with Crippen LogP contribution in [0.5, 0.6) is 0 Å². The molecule has 0 saturated heterocycles. The van der Waals surface area contributed by atoms with E-state index < -0.39 is 52.1 Å². The van der Waals surface area contributed by atoms with Crippen molar-refractivity contribution in [3.8, 4) is 0 Å². The van der Waals surface area contributed by atoms with Crippen LogP contribution in [0.3, 0.4) is 0 Å². The fourth-order valence-corrected chi connectivity index (χ4v) is 2.56. The molecule has 2 amide bonds. The molecule has 1 aliphatic rings. The lowest BCUT2D eigenvalue weighted by molar-refractivity contribution is -0.120. The van der Waals surface area contributed by atoms with Gasteiger partial charge in [0.15, 0.2) is 0 Å². The molecule has 2 rings (SSSR count). The standard InChI is InChI=1S/C15H11NO8/c1-5-6(2)10(14(21)22)12(16-7(17)3-4-8(16)18)11(15(23)24)9(5)13(19)20/h3-4H,1-2H3,(H,19,20)(H,21,22)(H,23,24). The Hall–Kier alpha value is -3.49. The van der Waals surface area contributed by atoms with Crippen LogP contribution < -0.4 is 4.90 Å². The first kappa shape index (κ1) is 16.9. The van der Waals surface area contributed by atoms with Gasteiger partial charge in [-0.1, -0.05) is 0 Å². The van der Waals surface area contributed by atoms with Gasteiger partial charge >= 0.3 is 17.9 Å². The van der Waals surface area contributed by atoms with E-state index in [2.05, 4.69) is 0 Å². The van der Waals surface area contributed by atoms with Crippen molar-refractivity contribution in [3.05, 3.63) is 40.0 Å². The second-order valence-electron chi connectivity index (χ2n) is 4.98. The molecule has 1 aromatic rings. The highest BCUT2D eigenvalue weighted by Crippen LogP contribution is 2.36. The third kappa shape index (κ3) is 2.32. The van der Waals surface area contributed by atoms with Gasteiger partial charge in [-0.25, -0.2) is 19.3 Å². The van der Waals surface area contributed by atoms with E-state index in [4.69, 9.17) is 0 Å². The van der Waals surface area contributed by atoms with Gasteiger partial charge in [0.1, 0.15) is 0 Å². The zero-order valence-electron chi connectivity index (χ0n) is 12.5. The fourth-order valence-electron chi connectivity index (χ4n) is 2.56. The van der Waals surface area contributed by atoms with Crippen LogP contribution in [0.1, 0.15) is 42.2 Å². The number of rotatable bonds is 4. The summed E-state index contributed by atoms with van der Waals surface area (Å²) in [5, 5.41) is 28.2. The molecular weight excluding hydrogens is 322 g/mol. The quantitative estimate of drug-likeness (QED) is 0.686. The first-order valence-electron chi connectivity index (χ1n) is 6.52. The Bertz CT molecular complexity index is 847. The summed E-state index contributed by atoms with van der Waals surface area (Å²) in [7, 11) is 0. The largest absolute Gasteiger partial charge is 0.478 e. The lowest BCUT2D eigenvalue weighted by Crippen LogP contribution is -2.34. The van der Waals surface area contributed by atoms with Crippen molar-refractivity contribution in [2.45, 2.75) is 13.8 Å². The molecule has 9 nitrogen and oxygen atoms in total. The van der Waals surface area contributed by atoms with E-state index in [0.717, 1.165) is 12.2 Å². The van der Waals surface area contributed by atoms with Crippen molar-refractivity contribution < 1.29 is 39.3 Å². The molecule has 1 aliphatic heterocycles. The summed E-state index contributed by atoms with van der Waals surface area (Å²) in [5.74, 6) is -6.87. The number of anilines is 1. The minimum Gasteiger partial charge on any atom is -0.478 e. The zero-order chi connectivity index (χ0) is 18.3. The Labute approximate surface area is 134 Å². The lowest BCUT2D eigenvalue weighted by Gasteiger charge is -2.23. The van der Waals surface area contributed by atoms with Gasteiger partial charge in [0, 0.05) is 12.2 Å². The normalized spacial score (nSPS) is 13.5. The Kier molecular flexibility index (Phi) is 3.95.